The van der Waals surface area contributed by atoms with Crippen molar-refractivity contribution in [3.05, 3.63) is 89.7 Å². The van der Waals surface area contributed by atoms with Crippen LogP contribution in [0.4, 0.5) is 0 Å². The van der Waals surface area contributed by atoms with Crippen molar-refractivity contribution in [3.63, 3.8) is 0 Å². The summed E-state index contributed by atoms with van der Waals surface area (Å²) in [6.45, 7) is 2.67. The summed E-state index contributed by atoms with van der Waals surface area (Å²) in [5, 5.41) is 1.23. The summed E-state index contributed by atoms with van der Waals surface area (Å²) in [4.78, 5) is 20.3. The maximum atomic E-state index is 13.8. The van der Waals surface area contributed by atoms with Gasteiger partial charge in [0.05, 0.1) is 6.26 Å². The first-order valence-electron chi connectivity index (χ1n) is 12.0. The highest BCUT2D eigenvalue weighted by atomic mass is 16.3. The van der Waals surface area contributed by atoms with Crippen LogP contribution in [0.1, 0.15) is 53.0 Å². The normalized spacial score (nSPS) is 22.2. The van der Waals surface area contributed by atoms with E-state index in [1.165, 1.54) is 10.9 Å². The van der Waals surface area contributed by atoms with Gasteiger partial charge in [-0.15, -0.1) is 0 Å². The van der Waals surface area contributed by atoms with Crippen LogP contribution in [0.25, 0.3) is 11.0 Å². The van der Waals surface area contributed by atoms with Crippen LogP contribution in [0.15, 0.2) is 71.6 Å². The molecule has 168 valence electrons. The minimum Gasteiger partial charge on any atom is -0.464 e. The van der Waals surface area contributed by atoms with Gasteiger partial charge in [0.15, 0.2) is 0 Å². The molecule has 1 amide bonds. The Morgan fingerprint density at radius 2 is 1.82 bits per heavy atom. The van der Waals surface area contributed by atoms with E-state index in [1.807, 2.05) is 43.6 Å². The molecule has 33 heavy (non-hydrogen) atoms. The number of benzene rings is 2. The van der Waals surface area contributed by atoms with E-state index in [1.54, 1.807) is 6.26 Å². The molecule has 2 aromatic heterocycles. The van der Waals surface area contributed by atoms with Gasteiger partial charge in [0.2, 0.25) is 0 Å². The summed E-state index contributed by atoms with van der Waals surface area (Å²) in [7, 11) is 0. The Morgan fingerprint density at radius 3 is 2.61 bits per heavy atom. The molecule has 6 rings (SSSR count). The number of aromatic nitrogens is 2. The fourth-order valence-electron chi connectivity index (χ4n) is 6.09. The molecule has 0 unspecified atom stereocenters. The van der Waals surface area contributed by atoms with Crippen LogP contribution in [-0.2, 0) is 13.0 Å². The number of nitrogens with zero attached hydrogens (tertiary/aromatic N) is 3. The number of amides is 1. The number of aryl methyl sites for hydroxylation is 1. The highest BCUT2D eigenvalue weighted by Gasteiger charge is 2.43. The molecule has 0 N–H and O–H groups in total. The molecule has 2 aromatic carbocycles. The lowest BCUT2D eigenvalue weighted by molar-refractivity contribution is 0.0523. The predicted molar refractivity (Wildman–Crippen MR) is 128 cm³/mol. The molecule has 5 nitrogen and oxygen atoms in total. The zero-order valence-electron chi connectivity index (χ0n) is 19.0. The molecule has 2 fully saturated rings. The van der Waals surface area contributed by atoms with Gasteiger partial charge in [-0.3, -0.25) is 4.79 Å². The van der Waals surface area contributed by atoms with Gasteiger partial charge in [-0.2, -0.15) is 0 Å². The van der Waals surface area contributed by atoms with Crippen molar-refractivity contribution in [3.8, 4) is 0 Å². The monoisotopic (exact) mass is 439 g/mol. The lowest BCUT2D eigenvalue weighted by Crippen LogP contribution is -2.47. The third kappa shape index (κ3) is 3.65. The Bertz CT molecular complexity index is 1290. The van der Waals surface area contributed by atoms with Crippen molar-refractivity contribution in [2.45, 2.75) is 57.7 Å². The molecule has 0 saturated carbocycles. The Labute approximate surface area is 194 Å². The van der Waals surface area contributed by atoms with Crippen LogP contribution in [0.3, 0.4) is 0 Å². The number of rotatable bonds is 5. The number of carbonyl (C=O) groups is 1. The number of furan rings is 1. The summed E-state index contributed by atoms with van der Waals surface area (Å²) in [5.74, 6) is 1.77. The standard InChI is InChI=1S/C28H29N3O2/c1-19-29-12-13-30(19)18-22-5-2-3-7-26(22)28(32)31-23-9-10-24(31)17-20(16-23)15-21-6-4-8-27-25(21)11-14-33-27/h2-8,11-14,20,23-24H,9-10,15-18H2,1H3/t23-,24-/m0/s1. The average molecular weight is 440 g/mol. The summed E-state index contributed by atoms with van der Waals surface area (Å²) in [6.07, 6.45) is 11.0. The molecule has 4 aromatic rings. The van der Waals surface area contributed by atoms with Gasteiger partial charge in [-0.05, 0) is 74.3 Å². The molecule has 2 atom stereocenters. The van der Waals surface area contributed by atoms with Crippen molar-refractivity contribution in [2.75, 3.05) is 0 Å². The topological polar surface area (TPSA) is 51.3 Å². The van der Waals surface area contributed by atoms with Crippen molar-refractivity contribution in [1.29, 1.82) is 0 Å². The second kappa shape index (κ2) is 8.22. The van der Waals surface area contributed by atoms with Crippen molar-refractivity contribution in [2.24, 2.45) is 5.92 Å². The molecule has 2 bridgehead atoms. The first-order chi connectivity index (χ1) is 16.2. The van der Waals surface area contributed by atoms with E-state index in [4.69, 9.17) is 4.42 Å². The number of hydrogen-bond donors (Lipinski definition) is 0. The number of piperidine rings is 1. The number of imidazole rings is 1. The van der Waals surface area contributed by atoms with Crippen LogP contribution in [0.5, 0.6) is 0 Å². The van der Waals surface area contributed by atoms with Crippen LogP contribution in [-0.4, -0.2) is 32.4 Å². The third-order valence-electron chi connectivity index (χ3n) is 7.67. The summed E-state index contributed by atoms with van der Waals surface area (Å²) in [5.41, 5.74) is 4.24. The van der Waals surface area contributed by atoms with Crippen LogP contribution < -0.4 is 0 Å². The Balaban J connectivity index is 1.21. The SMILES string of the molecule is Cc1nccn1Cc1ccccc1C(=O)N1[C@H]2CC[C@H]1CC(Cc1cccc3occc13)C2. The highest BCUT2D eigenvalue weighted by Crippen LogP contribution is 2.41. The average Bonchev–Trinajstić information content (AvgIpc) is 3.53. The quantitative estimate of drug-likeness (QED) is 0.406. The van der Waals surface area contributed by atoms with Gasteiger partial charge in [0, 0.05) is 42.0 Å². The zero-order chi connectivity index (χ0) is 22.4. The lowest BCUT2D eigenvalue weighted by Gasteiger charge is -2.39. The van der Waals surface area contributed by atoms with E-state index in [0.717, 1.165) is 54.6 Å². The van der Waals surface area contributed by atoms with Crippen LogP contribution >= 0.6 is 0 Å². The molecular formula is C28H29N3O2. The van der Waals surface area contributed by atoms with Gasteiger partial charge >= 0.3 is 0 Å². The fraction of sp³-hybridized carbons (Fsp3) is 0.357. The van der Waals surface area contributed by atoms with Gasteiger partial charge in [-0.1, -0.05) is 30.3 Å². The van der Waals surface area contributed by atoms with Gasteiger partial charge in [0.25, 0.3) is 5.91 Å². The van der Waals surface area contributed by atoms with E-state index in [2.05, 4.69) is 38.7 Å². The molecule has 0 radical (unpaired) electrons. The smallest absolute Gasteiger partial charge is 0.254 e. The summed E-state index contributed by atoms with van der Waals surface area (Å²) < 4.78 is 7.70. The fourth-order valence-corrected chi connectivity index (χ4v) is 6.09. The Hall–Kier alpha value is -3.34. The first-order valence-corrected chi connectivity index (χ1v) is 12.0. The Kier molecular flexibility index (Phi) is 5.05. The minimum absolute atomic E-state index is 0.200. The van der Waals surface area contributed by atoms with E-state index in [9.17, 15) is 4.79 Å². The van der Waals surface area contributed by atoms with E-state index >= 15 is 0 Å². The number of hydrogen-bond acceptors (Lipinski definition) is 3. The molecule has 2 saturated heterocycles. The summed E-state index contributed by atoms with van der Waals surface area (Å²) in [6, 6.07) is 17.2. The maximum Gasteiger partial charge on any atom is 0.254 e. The largest absolute Gasteiger partial charge is 0.464 e. The second-order valence-corrected chi connectivity index (χ2v) is 9.65. The first kappa shape index (κ1) is 20.3. The predicted octanol–water partition coefficient (Wildman–Crippen LogP) is 5.61. The highest BCUT2D eigenvalue weighted by molar-refractivity contribution is 5.96. The van der Waals surface area contributed by atoms with Crippen LogP contribution in [0.2, 0.25) is 0 Å². The van der Waals surface area contributed by atoms with Gasteiger partial charge in [0.1, 0.15) is 11.4 Å². The van der Waals surface area contributed by atoms with E-state index < -0.39 is 0 Å². The van der Waals surface area contributed by atoms with Crippen molar-refractivity contribution in [1.82, 2.24) is 14.5 Å². The van der Waals surface area contributed by atoms with E-state index in [0.29, 0.717) is 24.5 Å². The number of carbonyl (C=O) groups excluding carboxylic acids is 1. The zero-order valence-corrected chi connectivity index (χ0v) is 19.0. The molecular weight excluding hydrogens is 410 g/mol. The van der Waals surface area contributed by atoms with Gasteiger partial charge < -0.3 is 13.9 Å². The molecule has 4 heterocycles. The third-order valence-corrected chi connectivity index (χ3v) is 7.67. The van der Waals surface area contributed by atoms with Crippen molar-refractivity contribution < 1.29 is 9.21 Å². The molecule has 2 aliphatic rings. The lowest BCUT2D eigenvalue weighted by atomic mass is 9.84. The van der Waals surface area contributed by atoms with Crippen molar-refractivity contribution >= 4 is 16.9 Å². The molecule has 5 heteroatoms. The van der Waals surface area contributed by atoms with Gasteiger partial charge in [-0.25, -0.2) is 4.98 Å². The van der Waals surface area contributed by atoms with E-state index in [-0.39, 0.29) is 5.91 Å². The molecule has 2 aliphatic heterocycles. The summed E-state index contributed by atoms with van der Waals surface area (Å²) >= 11 is 0. The van der Waals surface area contributed by atoms with Crippen LogP contribution in [0, 0.1) is 12.8 Å². The maximum absolute atomic E-state index is 13.8. The molecule has 0 spiro atoms. The molecule has 0 aliphatic carbocycles. The minimum atomic E-state index is 0.200. The second-order valence-electron chi connectivity index (χ2n) is 9.65. The number of fused-ring (bicyclic) bond motifs is 3. The Morgan fingerprint density at radius 1 is 1.03 bits per heavy atom.